The van der Waals surface area contributed by atoms with Crippen molar-refractivity contribution in [1.82, 2.24) is 10.2 Å². The van der Waals surface area contributed by atoms with Crippen molar-refractivity contribution in [2.24, 2.45) is 0 Å². The molecule has 0 aliphatic rings. The van der Waals surface area contributed by atoms with E-state index < -0.39 is 6.04 Å². The van der Waals surface area contributed by atoms with Crippen LogP contribution in [0.4, 0.5) is 0 Å². The summed E-state index contributed by atoms with van der Waals surface area (Å²) in [5.41, 5.74) is 2.82. The summed E-state index contributed by atoms with van der Waals surface area (Å²) in [5, 5.41) is 3.58. The summed E-state index contributed by atoms with van der Waals surface area (Å²) in [6, 6.07) is 26.3. The number of nitrogens with zero attached hydrogens (tertiary/aromatic N) is 1. The van der Waals surface area contributed by atoms with Gasteiger partial charge in [0.2, 0.25) is 11.8 Å². The van der Waals surface area contributed by atoms with Gasteiger partial charge in [-0.3, -0.25) is 9.59 Å². The van der Waals surface area contributed by atoms with Crippen LogP contribution >= 0.6 is 11.6 Å². The van der Waals surface area contributed by atoms with Crippen LogP contribution in [-0.4, -0.2) is 29.3 Å². The summed E-state index contributed by atoms with van der Waals surface area (Å²) >= 11 is 6.13. The molecule has 166 valence electrons. The Hall–Kier alpha value is -3.11. The Kier molecular flexibility index (Phi) is 8.88. The lowest BCUT2D eigenvalue weighted by Gasteiger charge is -2.31. The smallest absolute Gasteiger partial charge is 0.243 e. The van der Waals surface area contributed by atoms with Crippen LogP contribution in [0.25, 0.3) is 0 Å². The van der Waals surface area contributed by atoms with Crippen molar-refractivity contribution in [2.75, 3.05) is 6.54 Å². The highest BCUT2D eigenvalue weighted by atomic mass is 35.5. The summed E-state index contributed by atoms with van der Waals surface area (Å²) in [4.78, 5) is 28.5. The Labute approximate surface area is 195 Å². The molecule has 5 heteroatoms. The standard InChI is InChI=1S/C27H29ClN2O2/c1-2-16-29-27(32)25(18-21-10-5-3-6-11-21)30(20-22-12-7-4-8-13-22)26(31)19-23-14-9-15-24(28)17-23/h3-15,17,25H,2,16,18-20H2,1H3,(H,29,32)/t25-/m1/s1. The molecule has 1 atom stereocenters. The van der Waals surface area contributed by atoms with Crippen molar-refractivity contribution in [1.29, 1.82) is 0 Å². The van der Waals surface area contributed by atoms with Gasteiger partial charge in [0.25, 0.3) is 0 Å². The molecule has 0 aliphatic carbocycles. The number of carbonyl (C=O) groups is 2. The van der Waals surface area contributed by atoms with Crippen LogP contribution in [0.5, 0.6) is 0 Å². The van der Waals surface area contributed by atoms with Gasteiger partial charge in [0, 0.05) is 24.5 Å². The quantitative estimate of drug-likeness (QED) is 0.472. The summed E-state index contributed by atoms with van der Waals surface area (Å²) in [6.45, 7) is 2.95. The molecule has 1 N–H and O–H groups in total. The van der Waals surface area contributed by atoms with E-state index in [9.17, 15) is 9.59 Å². The fourth-order valence-corrected chi connectivity index (χ4v) is 3.84. The van der Waals surface area contributed by atoms with Gasteiger partial charge in [-0.05, 0) is 35.2 Å². The number of hydrogen-bond donors (Lipinski definition) is 1. The van der Waals surface area contributed by atoms with Gasteiger partial charge in [-0.25, -0.2) is 0 Å². The second kappa shape index (κ2) is 12.1. The number of benzene rings is 3. The summed E-state index contributed by atoms with van der Waals surface area (Å²) in [7, 11) is 0. The molecule has 0 radical (unpaired) electrons. The molecule has 4 nitrogen and oxygen atoms in total. The molecule has 2 amide bonds. The van der Waals surface area contributed by atoms with E-state index in [1.54, 1.807) is 17.0 Å². The molecule has 0 aromatic heterocycles. The topological polar surface area (TPSA) is 49.4 Å². The van der Waals surface area contributed by atoms with Crippen LogP contribution in [0.3, 0.4) is 0 Å². The van der Waals surface area contributed by atoms with Crippen LogP contribution in [0.2, 0.25) is 5.02 Å². The molecule has 0 bridgehead atoms. The third-order valence-electron chi connectivity index (χ3n) is 5.26. The number of nitrogens with one attached hydrogen (secondary N) is 1. The molecule has 0 aliphatic heterocycles. The van der Waals surface area contributed by atoms with E-state index in [4.69, 9.17) is 11.6 Å². The molecule has 0 fully saturated rings. The molecule has 0 saturated carbocycles. The minimum absolute atomic E-state index is 0.108. The maximum Gasteiger partial charge on any atom is 0.243 e. The van der Waals surface area contributed by atoms with E-state index in [2.05, 4.69) is 5.32 Å². The highest BCUT2D eigenvalue weighted by Gasteiger charge is 2.30. The van der Waals surface area contributed by atoms with Crippen LogP contribution in [-0.2, 0) is 29.0 Å². The zero-order valence-electron chi connectivity index (χ0n) is 18.3. The van der Waals surface area contributed by atoms with Crippen molar-refractivity contribution >= 4 is 23.4 Å². The van der Waals surface area contributed by atoms with E-state index in [0.29, 0.717) is 24.5 Å². The molecule has 3 aromatic rings. The Morgan fingerprint density at radius 3 is 2.12 bits per heavy atom. The molecule has 32 heavy (non-hydrogen) atoms. The first-order chi connectivity index (χ1) is 15.6. The van der Waals surface area contributed by atoms with Crippen LogP contribution in [0.15, 0.2) is 84.9 Å². The fourth-order valence-electron chi connectivity index (χ4n) is 3.62. The Bertz CT molecular complexity index is 1010. The SMILES string of the molecule is CCCNC(=O)[C@@H](Cc1ccccc1)N(Cc1ccccc1)C(=O)Cc1cccc(Cl)c1. The zero-order chi connectivity index (χ0) is 22.8. The molecule has 0 unspecified atom stereocenters. The first kappa shape index (κ1) is 23.6. The predicted molar refractivity (Wildman–Crippen MR) is 129 cm³/mol. The molecule has 0 heterocycles. The van der Waals surface area contributed by atoms with E-state index in [1.807, 2.05) is 79.7 Å². The average molecular weight is 449 g/mol. The lowest BCUT2D eigenvalue weighted by atomic mass is 10.0. The van der Waals surface area contributed by atoms with Crippen molar-refractivity contribution < 1.29 is 9.59 Å². The van der Waals surface area contributed by atoms with Gasteiger partial charge in [0.05, 0.1) is 6.42 Å². The van der Waals surface area contributed by atoms with Gasteiger partial charge in [0.15, 0.2) is 0 Å². The summed E-state index contributed by atoms with van der Waals surface area (Å²) in [6.07, 6.45) is 1.46. The Morgan fingerprint density at radius 1 is 0.875 bits per heavy atom. The van der Waals surface area contributed by atoms with Crippen LogP contribution < -0.4 is 5.32 Å². The lowest BCUT2D eigenvalue weighted by Crippen LogP contribution is -2.51. The first-order valence-corrected chi connectivity index (χ1v) is 11.3. The normalized spacial score (nSPS) is 11.6. The molecule has 3 aromatic carbocycles. The van der Waals surface area contributed by atoms with Gasteiger partial charge >= 0.3 is 0 Å². The number of hydrogen-bond acceptors (Lipinski definition) is 2. The van der Waals surface area contributed by atoms with Crippen molar-refractivity contribution in [2.45, 2.75) is 38.8 Å². The van der Waals surface area contributed by atoms with E-state index >= 15 is 0 Å². The third kappa shape index (κ3) is 6.96. The van der Waals surface area contributed by atoms with Gasteiger partial charge < -0.3 is 10.2 Å². The highest BCUT2D eigenvalue weighted by Crippen LogP contribution is 2.18. The Balaban J connectivity index is 1.93. The van der Waals surface area contributed by atoms with E-state index in [1.165, 1.54) is 0 Å². The number of carbonyl (C=O) groups excluding carboxylic acids is 2. The fraction of sp³-hybridized carbons (Fsp3) is 0.259. The lowest BCUT2D eigenvalue weighted by molar-refractivity contribution is -0.140. The Morgan fingerprint density at radius 2 is 1.50 bits per heavy atom. The number of halogens is 1. The maximum absolute atomic E-state index is 13.5. The van der Waals surface area contributed by atoms with Crippen molar-refractivity contribution in [3.05, 3.63) is 107 Å². The molecular formula is C27H29ClN2O2. The van der Waals surface area contributed by atoms with Crippen LogP contribution in [0.1, 0.15) is 30.0 Å². The van der Waals surface area contributed by atoms with Gasteiger partial charge in [-0.1, -0.05) is 91.3 Å². The second-order valence-corrected chi connectivity index (χ2v) is 8.25. The second-order valence-electron chi connectivity index (χ2n) is 7.81. The summed E-state index contributed by atoms with van der Waals surface area (Å²) in [5.74, 6) is -0.241. The van der Waals surface area contributed by atoms with E-state index in [0.717, 1.165) is 23.1 Å². The molecule has 3 rings (SSSR count). The zero-order valence-corrected chi connectivity index (χ0v) is 19.1. The molecular weight excluding hydrogens is 420 g/mol. The largest absolute Gasteiger partial charge is 0.354 e. The van der Waals surface area contributed by atoms with Crippen molar-refractivity contribution in [3.8, 4) is 0 Å². The minimum Gasteiger partial charge on any atom is -0.354 e. The molecule has 0 spiro atoms. The maximum atomic E-state index is 13.5. The van der Waals surface area contributed by atoms with Crippen molar-refractivity contribution in [3.63, 3.8) is 0 Å². The molecule has 0 saturated heterocycles. The number of rotatable bonds is 10. The predicted octanol–water partition coefficient (Wildman–Crippen LogP) is 5.05. The monoisotopic (exact) mass is 448 g/mol. The summed E-state index contributed by atoms with van der Waals surface area (Å²) < 4.78 is 0. The first-order valence-electron chi connectivity index (χ1n) is 11.0. The van der Waals surface area contributed by atoms with Crippen LogP contribution in [0, 0.1) is 0 Å². The average Bonchev–Trinajstić information content (AvgIpc) is 2.81. The van der Waals surface area contributed by atoms with Gasteiger partial charge in [0.1, 0.15) is 6.04 Å². The van der Waals surface area contributed by atoms with Gasteiger partial charge in [-0.2, -0.15) is 0 Å². The van der Waals surface area contributed by atoms with Gasteiger partial charge in [-0.15, -0.1) is 0 Å². The third-order valence-corrected chi connectivity index (χ3v) is 5.50. The van der Waals surface area contributed by atoms with E-state index in [-0.39, 0.29) is 18.2 Å². The highest BCUT2D eigenvalue weighted by molar-refractivity contribution is 6.30. The minimum atomic E-state index is -0.615. The number of amides is 2.